The van der Waals surface area contributed by atoms with Crippen LogP contribution in [0.25, 0.3) is 0 Å². The summed E-state index contributed by atoms with van der Waals surface area (Å²) in [5.74, 6) is -3.19. The molecule has 2 bridgehead atoms. The normalized spacial score (nSPS) is 25.6. The molecule has 0 aromatic rings. The van der Waals surface area contributed by atoms with E-state index < -0.39 is 11.9 Å². The third-order valence-corrected chi connectivity index (χ3v) is 2.98. The lowest BCUT2D eigenvalue weighted by Crippen LogP contribution is -2.18. The van der Waals surface area contributed by atoms with Crippen LogP contribution in [0.2, 0.25) is 0 Å². The number of nitrogens with zero attached hydrogens (tertiary/aromatic N) is 1. The highest BCUT2D eigenvalue weighted by atomic mass is 16.5. The zero-order valence-electron chi connectivity index (χ0n) is 10.7. The molecule has 0 aromatic carbocycles. The molecule has 0 aromatic heterocycles. The molecule has 2 N–H and O–H groups in total. The number of carboxylic acids is 2. The third kappa shape index (κ3) is 4.70. The first kappa shape index (κ1) is 15.2. The third-order valence-electron chi connectivity index (χ3n) is 2.98. The number of ether oxygens (including phenoxy) is 1. The Labute approximate surface area is 110 Å². The molecule has 0 spiro atoms. The van der Waals surface area contributed by atoms with E-state index in [1.165, 1.54) is 18.5 Å². The first-order valence-electron chi connectivity index (χ1n) is 5.99. The molecule has 0 saturated carbocycles. The molecule has 2 aliphatic rings. The van der Waals surface area contributed by atoms with Crippen LogP contribution < -0.4 is 0 Å². The van der Waals surface area contributed by atoms with Gasteiger partial charge in [0.25, 0.3) is 0 Å². The lowest BCUT2D eigenvalue weighted by molar-refractivity contribution is -0.159. The van der Waals surface area contributed by atoms with Crippen LogP contribution in [0.4, 0.5) is 0 Å². The molecule has 2 aliphatic heterocycles. The SMILES string of the molecule is CCOC(=O)/C=C1\CN2CCC1C2.O=C(O)C(=O)O. The van der Waals surface area contributed by atoms with Gasteiger partial charge in [0.1, 0.15) is 0 Å². The van der Waals surface area contributed by atoms with E-state index in [2.05, 4.69) is 4.90 Å². The van der Waals surface area contributed by atoms with Crippen molar-refractivity contribution in [1.29, 1.82) is 0 Å². The van der Waals surface area contributed by atoms with Crippen LogP contribution in [0, 0.1) is 5.92 Å². The fourth-order valence-corrected chi connectivity index (χ4v) is 2.17. The van der Waals surface area contributed by atoms with Gasteiger partial charge in [0.2, 0.25) is 0 Å². The predicted molar refractivity (Wildman–Crippen MR) is 64.5 cm³/mol. The molecule has 7 heteroatoms. The van der Waals surface area contributed by atoms with Crippen molar-refractivity contribution in [3.05, 3.63) is 11.6 Å². The van der Waals surface area contributed by atoms with Gasteiger partial charge in [-0.2, -0.15) is 0 Å². The van der Waals surface area contributed by atoms with Gasteiger partial charge in [0.05, 0.1) is 6.61 Å². The van der Waals surface area contributed by atoms with Crippen molar-refractivity contribution in [2.75, 3.05) is 26.2 Å². The highest BCUT2D eigenvalue weighted by Crippen LogP contribution is 2.31. The first-order valence-corrected chi connectivity index (χ1v) is 5.99. The number of rotatable bonds is 2. The van der Waals surface area contributed by atoms with Gasteiger partial charge in [0, 0.05) is 19.2 Å². The summed E-state index contributed by atoms with van der Waals surface area (Å²) in [6, 6.07) is 0. The number of piperidine rings is 1. The summed E-state index contributed by atoms with van der Waals surface area (Å²) in [6.07, 6.45) is 2.90. The molecule has 106 valence electrons. The molecule has 2 rings (SSSR count). The second kappa shape index (κ2) is 6.89. The summed E-state index contributed by atoms with van der Waals surface area (Å²) in [6.45, 7) is 5.62. The number of esters is 1. The Morgan fingerprint density at radius 2 is 2.00 bits per heavy atom. The van der Waals surface area contributed by atoms with Crippen LogP contribution in [0.15, 0.2) is 11.6 Å². The monoisotopic (exact) mass is 271 g/mol. The number of aliphatic carboxylic acids is 2. The average Bonchev–Trinajstić information content (AvgIpc) is 2.91. The minimum absolute atomic E-state index is 0.175. The zero-order chi connectivity index (χ0) is 14.4. The van der Waals surface area contributed by atoms with Gasteiger partial charge in [0.15, 0.2) is 0 Å². The maximum Gasteiger partial charge on any atom is 0.414 e. The molecule has 0 aliphatic carbocycles. The van der Waals surface area contributed by atoms with Crippen LogP contribution in [0.1, 0.15) is 13.3 Å². The Morgan fingerprint density at radius 1 is 1.37 bits per heavy atom. The van der Waals surface area contributed by atoms with E-state index in [-0.39, 0.29) is 5.97 Å². The molecule has 2 unspecified atom stereocenters. The molecule has 0 radical (unpaired) electrons. The topological polar surface area (TPSA) is 104 Å². The second-order valence-electron chi connectivity index (χ2n) is 4.30. The van der Waals surface area contributed by atoms with E-state index in [0.29, 0.717) is 12.5 Å². The fraction of sp³-hybridized carbons (Fsp3) is 0.583. The Bertz CT molecular complexity index is 391. The average molecular weight is 271 g/mol. The minimum Gasteiger partial charge on any atom is -0.473 e. The molecule has 2 fully saturated rings. The minimum atomic E-state index is -1.82. The number of carboxylic acid groups (broad SMARTS) is 2. The zero-order valence-corrected chi connectivity index (χ0v) is 10.7. The van der Waals surface area contributed by atoms with E-state index in [4.69, 9.17) is 24.5 Å². The lowest BCUT2D eigenvalue weighted by Gasteiger charge is -2.13. The van der Waals surface area contributed by atoms with Crippen molar-refractivity contribution >= 4 is 17.9 Å². The molecule has 19 heavy (non-hydrogen) atoms. The quantitative estimate of drug-likeness (QED) is 0.412. The van der Waals surface area contributed by atoms with Gasteiger partial charge >= 0.3 is 17.9 Å². The van der Waals surface area contributed by atoms with E-state index in [1.54, 1.807) is 6.08 Å². The van der Waals surface area contributed by atoms with Gasteiger partial charge in [-0.05, 0) is 31.4 Å². The van der Waals surface area contributed by atoms with Crippen LogP contribution in [0.5, 0.6) is 0 Å². The lowest BCUT2D eigenvalue weighted by atomic mass is 9.99. The van der Waals surface area contributed by atoms with E-state index in [1.807, 2.05) is 6.92 Å². The van der Waals surface area contributed by atoms with Gasteiger partial charge < -0.3 is 14.9 Å². The Balaban J connectivity index is 0.000000258. The molecule has 2 atom stereocenters. The number of fused-ring (bicyclic) bond motifs is 2. The van der Waals surface area contributed by atoms with Gasteiger partial charge in [-0.25, -0.2) is 14.4 Å². The summed E-state index contributed by atoms with van der Waals surface area (Å²) in [5, 5.41) is 14.8. The maximum atomic E-state index is 11.2. The van der Waals surface area contributed by atoms with Crippen molar-refractivity contribution in [2.45, 2.75) is 13.3 Å². The summed E-state index contributed by atoms with van der Waals surface area (Å²) >= 11 is 0. The molecular formula is C12H17NO6. The molecule has 7 nitrogen and oxygen atoms in total. The number of hydrogen-bond acceptors (Lipinski definition) is 5. The second-order valence-corrected chi connectivity index (χ2v) is 4.30. The summed E-state index contributed by atoms with van der Waals surface area (Å²) < 4.78 is 4.88. The van der Waals surface area contributed by atoms with Crippen LogP contribution in [-0.2, 0) is 19.1 Å². The van der Waals surface area contributed by atoms with Crippen molar-refractivity contribution in [1.82, 2.24) is 4.90 Å². The summed E-state index contributed by atoms with van der Waals surface area (Å²) in [5.41, 5.74) is 1.27. The number of carbonyl (C=O) groups excluding carboxylic acids is 1. The molecule has 2 heterocycles. The number of hydrogen-bond donors (Lipinski definition) is 2. The van der Waals surface area contributed by atoms with Crippen LogP contribution in [-0.4, -0.2) is 59.3 Å². The van der Waals surface area contributed by atoms with E-state index in [9.17, 15) is 4.79 Å². The highest BCUT2D eigenvalue weighted by molar-refractivity contribution is 6.27. The Kier molecular flexibility index (Phi) is 5.50. The molecule has 2 saturated heterocycles. The van der Waals surface area contributed by atoms with Gasteiger partial charge in [-0.3, -0.25) is 4.90 Å². The fourth-order valence-electron chi connectivity index (χ4n) is 2.17. The van der Waals surface area contributed by atoms with Crippen LogP contribution >= 0.6 is 0 Å². The van der Waals surface area contributed by atoms with Crippen molar-refractivity contribution in [3.63, 3.8) is 0 Å². The smallest absolute Gasteiger partial charge is 0.414 e. The standard InChI is InChI=1S/C10H15NO2.C2H2O4/c1-2-13-10(12)5-9-7-11-4-3-8(9)6-11;3-1(4)2(5)6/h5,8H,2-4,6-7H2,1H3;(H,3,4)(H,5,6)/b9-5+;. The Morgan fingerprint density at radius 3 is 2.37 bits per heavy atom. The van der Waals surface area contributed by atoms with Crippen LogP contribution in [0.3, 0.4) is 0 Å². The molecule has 0 amide bonds. The largest absolute Gasteiger partial charge is 0.473 e. The predicted octanol–water partition coefficient (Wildman–Crippen LogP) is -0.0330. The van der Waals surface area contributed by atoms with Gasteiger partial charge in [-0.1, -0.05) is 0 Å². The number of carbonyl (C=O) groups is 3. The van der Waals surface area contributed by atoms with Crippen molar-refractivity contribution in [2.24, 2.45) is 5.92 Å². The van der Waals surface area contributed by atoms with E-state index in [0.717, 1.165) is 13.1 Å². The first-order chi connectivity index (χ1) is 8.93. The summed E-state index contributed by atoms with van der Waals surface area (Å²) in [4.78, 5) is 31.7. The van der Waals surface area contributed by atoms with E-state index >= 15 is 0 Å². The van der Waals surface area contributed by atoms with Gasteiger partial charge in [-0.15, -0.1) is 0 Å². The Hall–Kier alpha value is -1.89. The maximum absolute atomic E-state index is 11.2. The van der Waals surface area contributed by atoms with Crippen molar-refractivity contribution in [3.8, 4) is 0 Å². The highest BCUT2D eigenvalue weighted by Gasteiger charge is 2.33. The summed E-state index contributed by atoms with van der Waals surface area (Å²) in [7, 11) is 0. The molecular weight excluding hydrogens is 254 g/mol. The van der Waals surface area contributed by atoms with Crippen molar-refractivity contribution < 1.29 is 29.3 Å².